The van der Waals surface area contributed by atoms with Crippen molar-refractivity contribution >= 4 is 40.5 Å². The average molecular weight is 292 g/mol. The Balaban J connectivity index is 2.17. The fourth-order valence-electron chi connectivity index (χ4n) is 1.35. The minimum absolute atomic E-state index is 0.477. The van der Waals surface area contributed by atoms with Crippen molar-refractivity contribution in [2.24, 2.45) is 7.05 Å². The van der Waals surface area contributed by atoms with Gasteiger partial charge < -0.3 is 9.88 Å². The van der Waals surface area contributed by atoms with Crippen molar-refractivity contribution in [2.45, 2.75) is 6.54 Å². The maximum absolute atomic E-state index is 6.04. The molecule has 0 saturated carbocycles. The van der Waals surface area contributed by atoms with Crippen LogP contribution in [0.1, 0.15) is 5.82 Å². The molecular weight excluding hydrogens is 282 g/mol. The molecule has 1 N–H and O–H groups in total. The monoisotopic (exact) mass is 290 g/mol. The quantitative estimate of drug-likeness (QED) is 0.942. The third kappa shape index (κ3) is 2.83. The van der Waals surface area contributed by atoms with Crippen LogP contribution in [-0.2, 0) is 13.6 Å². The van der Waals surface area contributed by atoms with Crippen molar-refractivity contribution in [1.82, 2.24) is 14.8 Å². The molecule has 0 aliphatic heterocycles. The SMILES string of the molecule is Cn1cnnc1CNc1c(Cl)cc(Cl)cc1Cl. The largest absolute Gasteiger partial charge is 0.375 e. The Hall–Kier alpha value is -0.970. The predicted octanol–water partition coefficient (Wildman–Crippen LogP) is 3.39. The highest BCUT2D eigenvalue weighted by Crippen LogP contribution is 2.33. The third-order valence-corrected chi connectivity index (χ3v) is 3.05. The standard InChI is InChI=1S/C10H9Cl3N4/c1-17-5-15-16-9(17)4-14-10-7(12)2-6(11)3-8(10)13/h2-3,5,14H,4H2,1H3. The third-order valence-electron chi connectivity index (χ3n) is 2.24. The molecular formula is C10H9Cl3N4. The van der Waals surface area contributed by atoms with E-state index in [1.54, 1.807) is 18.5 Å². The topological polar surface area (TPSA) is 42.7 Å². The Kier molecular flexibility index (Phi) is 3.76. The van der Waals surface area contributed by atoms with E-state index in [0.29, 0.717) is 27.3 Å². The molecule has 1 heterocycles. The summed E-state index contributed by atoms with van der Waals surface area (Å²) in [5.41, 5.74) is 0.640. The van der Waals surface area contributed by atoms with Crippen LogP contribution < -0.4 is 5.32 Å². The van der Waals surface area contributed by atoms with Crippen molar-refractivity contribution in [3.63, 3.8) is 0 Å². The van der Waals surface area contributed by atoms with Gasteiger partial charge in [-0.15, -0.1) is 10.2 Å². The summed E-state index contributed by atoms with van der Waals surface area (Å²) in [6.45, 7) is 0.484. The molecule has 7 heteroatoms. The van der Waals surface area contributed by atoms with E-state index in [1.807, 2.05) is 11.6 Å². The van der Waals surface area contributed by atoms with Crippen molar-refractivity contribution in [1.29, 1.82) is 0 Å². The fourth-order valence-corrected chi connectivity index (χ4v) is 2.30. The Morgan fingerprint density at radius 3 is 2.41 bits per heavy atom. The summed E-state index contributed by atoms with van der Waals surface area (Å²) < 4.78 is 1.81. The van der Waals surface area contributed by atoms with Gasteiger partial charge in [-0.3, -0.25) is 0 Å². The molecule has 1 aromatic carbocycles. The second kappa shape index (κ2) is 5.12. The molecule has 17 heavy (non-hydrogen) atoms. The number of anilines is 1. The van der Waals surface area contributed by atoms with E-state index >= 15 is 0 Å². The van der Waals surface area contributed by atoms with Gasteiger partial charge in [0.2, 0.25) is 0 Å². The molecule has 0 radical (unpaired) electrons. The maximum Gasteiger partial charge on any atom is 0.151 e. The Labute approximate surface area is 114 Å². The number of rotatable bonds is 3. The molecule has 0 bridgehead atoms. The highest BCUT2D eigenvalue weighted by molar-refractivity contribution is 6.41. The van der Waals surface area contributed by atoms with E-state index in [2.05, 4.69) is 15.5 Å². The lowest BCUT2D eigenvalue weighted by Gasteiger charge is -2.10. The highest BCUT2D eigenvalue weighted by Gasteiger charge is 2.08. The summed E-state index contributed by atoms with van der Waals surface area (Å²) in [6.07, 6.45) is 1.63. The van der Waals surface area contributed by atoms with Crippen molar-refractivity contribution in [3.8, 4) is 0 Å². The average Bonchev–Trinajstić information content (AvgIpc) is 2.62. The van der Waals surface area contributed by atoms with Gasteiger partial charge in [-0.25, -0.2) is 0 Å². The number of hydrogen-bond acceptors (Lipinski definition) is 3. The van der Waals surface area contributed by atoms with Crippen molar-refractivity contribution in [2.75, 3.05) is 5.32 Å². The van der Waals surface area contributed by atoms with Crippen LogP contribution >= 0.6 is 34.8 Å². The summed E-state index contributed by atoms with van der Waals surface area (Å²) in [5.74, 6) is 0.784. The first kappa shape index (κ1) is 12.5. The molecule has 0 saturated heterocycles. The molecule has 0 unspecified atom stereocenters. The summed E-state index contributed by atoms with van der Waals surface area (Å²) in [4.78, 5) is 0. The molecule has 0 fully saturated rings. The molecule has 0 atom stereocenters. The lowest BCUT2D eigenvalue weighted by molar-refractivity contribution is 0.812. The number of hydrogen-bond donors (Lipinski definition) is 1. The van der Waals surface area contributed by atoms with Crippen LogP contribution in [0, 0.1) is 0 Å². The molecule has 2 rings (SSSR count). The number of aromatic nitrogens is 3. The lowest BCUT2D eigenvalue weighted by atomic mass is 10.3. The van der Waals surface area contributed by atoms with Crippen LogP contribution in [-0.4, -0.2) is 14.8 Å². The van der Waals surface area contributed by atoms with Gasteiger partial charge in [-0.1, -0.05) is 34.8 Å². The van der Waals surface area contributed by atoms with Crippen LogP contribution in [0.3, 0.4) is 0 Å². The number of halogens is 3. The highest BCUT2D eigenvalue weighted by atomic mass is 35.5. The zero-order chi connectivity index (χ0) is 12.4. The molecule has 1 aromatic heterocycles. The van der Waals surface area contributed by atoms with Gasteiger partial charge in [-0.05, 0) is 12.1 Å². The Morgan fingerprint density at radius 1 is 1.24 bits per heavy atom. The molecule has 0 amide bonds. The van der Waals surface area contributed by atoms with Gasteiger partial charge in [0.25, 0.3) is 0 Å². The van der Waals surface area contributed by atoms with E-state index in [1.165, 1.54) is 0 Å². The van der Waals surface area contributed by atoms with E-state index in [4.69, 9.17) is 34.8 Å². The number of benzene rings is 1. The maximum atomic E-state index is 6.04. The molecule has 4 nitrogen and oxygen atoms in total. The number of nitrogens with zero attached hydrogens (tertiary/aromatic N) is 3. The number of aryl methyl sites for hydroxylation is 1. The minimum atomic E-state index is 0.477. The smallest absolute Gasteiger partial charge is 0.151 e. The van der Waals surface area contributed by atoms with Gasteiger partial charge in [0.15, 0.2) is 5.82 Å². The van der Waals surface area contributed by atoms with Gasteiger partial charge in [0, 0.05) is 12.1 Å². The molecule has 0 aliphatic rings. The van der Waals surface area contributed by atoms with Gasteiger partial charge in [0.05, 0.1) is 22.3 Å². The first-order chi connectivity index (χ1) is 8.08. The molecule has 90 valence electrons. The van der Waals surface area contributed by atoms with E-state index in [0.717, 1.165) is 5.82 Å². The van der Waals surface area contributed by atoms with E-state index in [-0.39, 0.29) is 0 Å². The first-order valence-electron chi connectivity index (χ1n) is 4.79. The Bertz CT molecular complexity index is 515. The van der Waals surface area contributed by atoms with E-state index in [9.17, 15) is 0 Å². The lowest BCUT2D eigenvalue weighted by Crippen LogP contribution is -2.06. The van der Waals surface area contributed by atoms with Gasteiger partial charge in [-0.2, -0.15) is 0 Å². The molecule has 0 aliphatic carbocycles. The van der Waals surface area contributed by atoms with Crippen LogP contribution in [0.25, 0.3) is 0 Å². The second-order valence-electron chi connectivity index (χ2n) is 3.46. The normalized spacial score (nSPS) is 10.6. The van der Waals surface area contributed by atoms with Crippen LogP contribution in [0.5, 0.6) is 0 Å². The second-order valence-corrected chi connectivity index (χ2v) is 4.71. The van der Waals surface area contributed by atoms with Gasteiger partial charge in [0.1, 0.15) is 6.33 Å². The summed E-state index contributed by atoms with van der Waals surface area (Å²) in [7, 11) is 1.86. The zero-order valence-electron chi connectivity index (χ0n) is 8.91. The van der Waals surface area contributed by atoms with Gasteiger partial charge >= 0.3 is 0 Å². The molecule has 2 aromatic rings. The molecule has 0 spiro atoms. The van der Waals surface area contributed by atoms with Crippen LogP contribution in [0.15, 0.2) is 18.5 Å². The van der Waals surface area contributed by atoms with Crippen LogP contribution in [0.2, 0.25) is 15.1 Å². The summed E-state index contributed by atoms with van der Waals surface area (Å²) >= 11 is 17.9. The predicted molar refractivity (Wildman–Crippen MR) is 69.8 cm³/mol. The zero-order valence-corrected chi connectivity index (χ0v) is 11.2. The summed E-state index contributed by atoms with van der Waals surface area (Å²) in [6, 6.07) is 3.27. The summed E-state index contributed by atoms with van der Waals surface area (Å²) in [5, 5.41) is 12.3. The fraction of sp³-hybridized carbons (Fsp3) is 0.200. The minimum Gasteiger partial charge on any atom is -0.375 e. The van der Waals surface area contributed by atoms with Crippen LogP contribution in [0.4, 0.5) is 5.69 Å². The van der Waals surface area contributed by atoms with Crippen molar-refractivity contribution in [3.05, 3.63) is 39.4 Å². The van der Waals surface area contributed by atoms with E-state index < -0.39 is 0 Å². The first-order valence-corrected chi connectivity index (χ1v) is 5.92. The van der Waals surface area contributed by atoms with Crippen molar-refractivity contribution < 1.29 is 0 Å². The number of nitrogens with one attached hydrogen (secondary N) is 1. The Morgan fingerprint density at radius 2 is 1.88 bits per heavy atom.